The molecule has 1 aromatic heterocycles. The highest BCUT2D eigenvalue weighted by Gasteiger charge is 2.38. The Kier molecular flexibility index (Phi) is 3.64. The number of nitrogens with one attached hydrogen (secondary N) is 1. The minimum atomic E-state index is -0.142. The van der Waals surface area contributed by atoms with Crippen molar-refractivity contribution >= 4 is 5.91 Å². The van der Waals surface area contributed by atoms with Gasteiger partial charge in [0.15, 0.2) is 11.5 Å². The zero-order valence-electron chi connectivity index (χ0n) is 12.8. The van der Waals surface area contributed by atoms with Crippen LogP contribution in [0.4, 0.5) is 0 Å². The van der Waals surface area contributed by atoms with Crippen LogP contribution in [0.5, 0.6) is 0 Å². The Hall–Kier alpha value is -2.51. The van der Waals surface area contributed by atoms with Gasteiger partial charge < -0.3 is 14.6 Å². The molecule has 0 aliphatic carbocycles. The van der Waals surface area contributed by atoms with E-state index in [0.717, 1.165) is 25.2 Å². The minimum absolute atomic E-state index is 0.142. The van der Waals surface area contributed by atoms with Gasteiger partial charge in [-0.3, -0.25) is 4.79 Å². The van der Waals surface area contributed by atoms with Gasteiger partial charge in [-0.25, -0.2) is 0 Å². The van der Waals surface area contributed by atoms with Crippen molar-refractivity contribution in [2.24, 2.45) is 5.92 Å². The number of carbonyl (C=O) groups excluding carboxylic acids is 1. The molecule has 2 aromatic rings. The highest BCUT2D eigenvalue weighted by molar-refractivity contribution is 5.91. The lowest BCUT2D eigenvalue weighted by molar-refractivity contribution is 0.0895. The van der Waals surface area contributed by atoms with Crippen molar-refractivity contribution in [3.8, 4) is 11.8 Å². The maximum atomic E-state index is 12.3. The number of rotatable bonds is 2. The summed E-state index contributed by atoms with van der Waals surface area (Å²) in [5.41, 5.74) is 0.922. The Balaban J connectivity index is 1.41. The molecule has 4 nitrogen and oxygen atoms in total. The summed E-state index contributed by atoms with van der Waals surface area (Å²) in [5.74, 6) is 7.27. The number of benzene rings is 1. The summed E-state index contributed by atoms with van der Waals surface area (Å²) in [6.07, 6.45) is 1.18. The molecule has 2 saturated heterocycles. The zero-order valence-corrected chi connectivity index (χ0v) is 12.8. The van der Waals surface area contributed by atoms with Crippen LogP contribution in [0, 0.1) is 17.8 Å². The van der Waals surface area contributed by atoms with Crippen LogP contribution in [-0.4, -0.2) is 36.5 Å². The van der Waals surface area contributed by atoms with Crippen molar-refractivity contribution in [1.82, 2.24) is 10.2 Å². The van der Waals surface area contributed by atoms with Gasteiger partial charge in [-0.15, -0.1) is 0 Å². The largest absolute Gasteiger partial charge is 0.443 e. The van der Waals surface area contributed by atoms with E-state index in [1.54, 1.807) is 12.1 Å². The molecule has 3 atom stereocenters. The van der Waals surface area contributed by atoms with Crippen molar-refractivity contribution in [2.45, 2.75) is 12.5 Å². The van der Waals surface area contributed by atoms with Crippen molar-refractivity contribution < 1.29 is 9.21 Å². The molecule has 2 aliphatic rings. The van der Waals surface area contributed by atoms with Crippen LogP contribution in [0.25, 0.3) is 0 Å². The normalized spacial score (nSPS) is 25.0. The molecule has 4 heteroatoms. The number of fused-ring (bicyclic) bond motifs is 2. The predicted molar refractivity (Wildman–Crippen MR) is 86.9 cm³/mol. The Morgan fingerprint density at radius 1 is 1.13 bits per heavy atom. The summed E-state index contributed by atoms with van der Waals surface area (Å²) < 4.78 is 5.56. The van der Waals surface area contributed by atoms with Crippen LogP contribution in [0.1, 0.15) is 28.3 Å². The molecule has 0 saturated carbocycles. The van der Waals surface area contributed by atoms with E-state index in [0.29, 0.717) is 17.4 Å². The number of carbonyl (C=O) groups is 1. The smallest absolute Gasteiger partial charge is 0.287 e. The SMILES string of the molecule is O=C(NC1CN2CC[C@H]1C2)c1ccc(C#Cc2ccccc2)o1. The molecule has 1 N–H and O–H groups in total. The fourth-order valence-electron chi connectivity index (χ4n) is 3.37. The summed E-state index contributed by atoms with van der Waals surface area (Å²) in [7, 11) is 0. The van der Waals surface area contributed by atoms with Crippen LogP contribution < -0.4 is 5.32 Å². The Morgan fingerprint density at radius 2 is 2.00 bits per heavy atom. The van der Waals surface area contributed by atoms with E-state index in [4.69, 9.17) is 4.42 Å². The molecule has 1 aromatic carbocycles. The number of hydrogen-bond acceptors (Lipinski definition) is 3. The first-order valence-electron chi connectivity index (χ1n) is 7.98. The number of amides is 1. The highest BCUT2D eigenvalue weighted by Crippen LogP contribution is 2.27. The van der Waals surface area contributed by atoms with Gasteiger partial charge in [0.2, 0.25) is 0 Å². The Morgan fingerprint density at radius 3 is 2.74 bits per heavy atom. The predicted octanol–water partition coefficient (Wildman–Crippen LogP) is 2.11. The second kappa shape index (κ2) is 5.94. The first kappa shape index (κ1) is 14.1. The van der Waals surface area contributed by atoms with E-state index in [9.17, 15) is 4.79 Å². The monoisotopic (exact) mass is 306 g/mol. The van der Waals surface area contributed by atoms with Gasteiger partial charge in [-0.1, -0.05) is 24.1 Å². The topological polar surface area (TPSA) is 45.5 Å². The van der Waals surface area contributed by atoms with Gasteiger partial charge in [0, 0.05) is 24.7 Å². The summed E-state index contributed by atoms with van der Waals surface area (Å²) in [6, 6.07) is 13.4. The van der Waals surface area contributed by atoms with E-state index >= 15 is 0 Å². The fourth-order valence-corrected chi connectivity index (χ4v) is 3.37. The Bertz CT molecular complexity index is 769. The lowest BCUT2D eigenvalue weighted by Crippen LogP contribution is -2.43. The molecule has 116 valence electrons. The van der Waals surface area contributed by atoms with Gasteiger partial charge in [0.05, 0.1) is 0 Å². The molecular weight excluding hydrogens is 288 g/mol. The maximum Gasteiger partial charge on any atom is 0.287 e. The van der Waals surface area contributed by atoms with Crippen molar-refractivity contribution in [1.29, 1.82) is 0 Å². The summed E-state index contributed by atoms with van der Waals surface area (Å²) in [5, 5.41) is 3.09. The molecule has 0 spiro atoms. The maximum absolute atomic E-state index is 12.3. The number of furan rings is 1. The van der Waals surface area contributed by atoms with Crippen LogP contribution in [0.3, 0.4) is 0 Å². The number of piperidine rings is 1. The van der Waals surface area contributed by atoms with Crippen molar-refractivity contribution in [3.05, 3.63) is 59.5 Å². The third kappa shape index (κ3) is 3.01. The van der Waals surface area contributed by atoms with Crippen LogP contribution >= 0.6 is 0 Å². The molecule has 2 fully saturated rings. The number of nitrogens with zero attached hydrogens (tertiary/aromatic N) is 1. The average molecular weight is 306 g/mol. The minimum Gasteiger partial charge on any atom is -0.443 e. The van der Waals surface area contributed by atoms with E-state index in [-0.39, 0.29) is 11.9 Å². The summed E-state index contributed by atoms with van der Waals surface area (Å²) >= 11 is 0. The highest BCUT2D eigenvalue weighted by atomic mass is 16.3. The van der Waals surface area contributed by atoms with Crippen LogP contribution in [-0.2, 0) is 0 Å². The first-order chi connectivity index (χ1) is 11.3. The first-order valence-corrected chi connectivity index (χ1v) is 7.98. The fraction of sp³-hybridized carbons (Fsp3) is 0.316. The summed E-state index contributed by atoms with van der Waals surface area (Å²) in [6.45, 7) is 3.23. The second-order valence-corrected chi connectivity index (χ2v) is 6.17. The lowest BCUT2D eigenvalue weighted by atomic mass is 10.00. The zero-order chi connectivity index (χ0) is 15.6. The molecule has 2 unspecified atom stereocenters. The molecule has 3 heterocycles. The van der Waals surface area contributed by atoms with Crippen LogP contribution in [0.2, 0.25) is 0 Å². The van der Waals surface area contributed by atoms with Gasteiger partial charge in [-0.2, -0.15) is 0 Å². The average Bonchev–Trinajstić information content (AvgIpc) is 3.30. The third-order valence-electron chi connectivity index (χ3n) is 4.58. The molecule has 4 rings (SSSR count). The molecule has 23 heavy (non-hydrogen) atoms. The van der Waals surface area contributed by atoms with E-state index in [1.807, 2.05) is 30.3 Å². The molecule has 2 aliphatic heterocycles. The van der Waals surface area contributed by atoms with E-state index < -0.39 is 0 Å². The summed E-state index contributed by atoms with van der Waals surface area (Å²) in [4.78, 5) is 14.7. The van der Waals surface area contributed by atoms with Gasteiger partial charge in [-0.05, 0) is 49.1 Å². The second-order valence-electron chi connectivity index (χ2n) is 6.17. The molecule has 2 bridgehead atoms. The van der Waals surface area contributed by atoms with E-state index in [1.165, 1.54) is 6.42 Å². The van der Waals surface area contributed by atoms with E-state index in [2.05, 4.69) is 22.1 Å². The van der Waals surface area contributed by atoms with Gasteiger partial charge in [0.25, 0.3) is 5.91 Å². The molecule has 0 radical (unpaired) electrons. The number of hydrogen-bond donors (Lipinski definition) is 1. The quantitative estimate of drug-likeness (QED) is 0.865. The van der Waals surface area contributed by atoms with Gasteiger partial charge in [0.1, 0.15) is 0 Å². The third-order valence-corrected chi connectivity index (χ3v) is 4.58. The lowest BCUT2D eigenvalue weighted by Gasteiger charge is -2.22. The van der Waals surface area contributed by atoms with Crippen molar-refractivity contribution in [3.63, 3.8) is 0 Å². The molecule has 1 amide bonds. The Labute approximate surface area is 135 Å². The van der Waals surface area contributed by atoms with Gasteiger partial charge >= 0.3 is 0 Å². The van der Waals surface area contributed by atoms with Crippen molar-refractivity contribution in [2.75, 3.05) is 19.6 Å². The standard InChI is InChI=1S/C19H18N2O2/c22-19(20-17-13-21-11-10-15(17)12-21)18-9-8-16(23-18)7-6-14-4-2-1-3-5-14/h1-5,8-9,15,17H,10-13H2,(H,20,22)/t15-,17?/m0/s1. The molecular formula is C19H18N2O2. The van der Waals surface area contributed by atoms with Crippen LogP contribution in [0.15, 0.2) is 46.9 Å².